The minimum Gasteiger partial charge on any atom is -0.494 e. The molecule has 0 radical (unpaired) electrons. The van der Waals surface area contributed by atoms with Gasteiger partial charge in [-0.3, -0.25) is 5.10 Å². The number of aromatic nitrogens is 2. The number of aromatic amines is 1. The molecule has 1 aromatic carbocycles. The van der Waals surface area contributed by atoms with E-state index in [1.54, 1.807) is 0 Å². The minimum absolute atomic E-state index is 0.683. The van der Waals surface area contributed by atoms with Gasteiger partial charge in [-0.2, -0.15) is 5.10 Å². The fraction of sp³-hybridized carbons (Fsp3) is 0.308. The van der Waals surface area contributed by atoms with Crippen LogP contribution in [0.5, 0.6) is 5.75 Å². The molecule has 2 aromatic rings. The van der Waals surface area contributed by atoms with E-state index in [4.69, 9.17) is 4.74 Å². The number of H-pyrrole nitrogens is 1. The number of aryl methyl sites for hydroxylation is 1. The predicted octanol–water partition coefficient (Wildman–Crippen LogP) is 2.83. The first-order valence-corrected chi connectivity index (χ1v) is 5.72. The number of hydrogen-bond acceptors (Lipinski definition) is 3. The maximum Gasteiger partial charge on any atom is 0.119 e. The van der Waals surface area contributed by atoms with Crippen LogP contribution in [0.15, 0.2) is 24.3 Å². The molecule has 4 heteroatoms. The second kappa shape index (κ2) is 4.91. The number of nitrogens with one attached hydrogen (secondary N) is 2. The van der Waals surface area contributed by atoms with Crippen LogP contribution in [0.1, 0.15) is 12.6 Å². The molecular weight excluding hydrogens is 214 g/mol. The lowest BCUT2D eigenvalue weighted by Gasteiger charge is -2.05. The summed E-state index contributed by atoms with van der Waals surface area (Å²) >= 11 is 0. The zero-order chi connectivity index (χ0) is 12.3. The van der Waals surface area contributed by atoms with Gasteiger partial charge in [0.25, 0.3) is 0 Å². The number of benzene rings is 1. The van der Waals surface area contributed by atoms with Crippen molar-refractivity contribution in [2.24, 2.45) is 0 Å². The average Bonchev–Trinajstić information content (AvgIpc) is 2.72. The van der Waals surface area contributed by atoms with Gasteiger partial charge in [0.15, 0.2) is 0 Å². The Morgan fingerprint density at radius 1 is 1.29 bits per heavy atom. The van der Waals surface area contributed by atoms with Gasteiger partial charge in [-0.15, -0.1) is 0 Å². The standard InChI is InChI=1S/C13H17N3O/c1-4-17-11-7-5-10(6-8-11)13-12(14-3)9(2)15-16-13/h5-8,14H,4H2,1-3H3,(H,15,16). The fourth-order valence-corrected chi connectivity index (χ4v) is 1.82. The number of rotatable bonds is 4. The molecule has 2 rings (SSSR count). The maximum atomic E-state index is 5.41. The van der Waals surface area contributed by atoms with Crippen LogP contribution in [0.3, 0.4) is 0 Å². The summed E-state index contributed by atoms with van der Waals surface area (Å²) in [4.78, 5) is 0. The Balaban J connectivity index is 2.33. The third-order valence-corrected chi connectivity index (χ3v) is 2.64. The van der Waals surface area contributed by atoms with Crippen molar-refractivity contribution >= 4 is 5.69 Å². The number of ether oxygens (including phenoxy) is 1. The topological polar surface area (TPSA) is 49.9 Å². The van der Waals surface area contributed by atoms with Crippen LogP contribution in [0.2, 0.25) is 0 Å². The molecule has 0 saturated carbocycles. The van der Waals surface area contributed by atoms with Gasteiger partial charge in [-0.05, 0) is 38.1 Å². The third-order valence-electron chi connectivity index (χ3n) is 2.64. The zero-order valence-electron chi connectivity index (χ0n) is 10.4. The molecule has 0 bridgehead atoms. The third kappa shape index (κ3) is 2.25. The van der Waals surface area contributed by atoms with Crippen molar-refractivity contribution in [2.75, 3.05) is 19.0 Å². The Hall–Kier alpha value is -1.97. The first kappa shape index (κ1) is 11.5. The summed E-state index contributed by atoms with van der Waals surface area (Å²) in [6, 6.07) is 7.95. The van der Waals surface area contributed by atoms with Gasteiger partial charge in [0, 0.05) is 12.6 Å². The van der Waals surface area contributed by atoms with Crippen molar-refractivity contribution in [3.8, 4) is 17.0 Å². The molecule has 0 aliphatic rings. The summed E-state index contributed by atoms with van der Waals surface area (Å²) in [6.45, 7) is 4.66. The van der Waals surface area contributed by atoms with Gasteiger partial charge in [0.05, 0.1) is 18.0 Å². The number of nitrogens with zero attached hydrogens (tertiary/aromatic N) is 1. The summed E-state index contributed by atoms with van der Waals surface area (Å²) < 4.78 is 5.41. The minimum atomic E-state index is 0.683. The first-order chi connectivity index (χ1) is 8.26. The van der Waals surface area contributed by atoms with E-state index in [0.29, 0.717) is 6.61 Å². The van der Waals surface area contributed by atoms with Crippen LogP contribution in [0.4, 0.5) is 5.69 Å². The first-order valence-electron chi connectivity index (χ1n) is 5.72. The summed E-state index contributed by atoms with van der Waals surface area (Å²) in [6.07, 6.45) is 0. The molecule has 0 atom stereocenters. The van der Waals surface area contributed by atoms with Crippen LogP contribution in [0, 0.1) is 6.92 Å². The summed E-state index contributed by atoms with van der Waals surface area (Å²) in [5, 5.41) is 10.4. The van der Waals surface area contributed by atoms with E-state index >= 15 is 0 Å². The highest BCUT2D eigenvalue weighted by Gasteiger charge is 2.10. The average molecular weight is 231 g/mol. The Morgan fingerprint density at radius 3 is 2.59 bits per heavy atom. The molecule has 0 aliphatic carbocycles. The molecule has 0 aliphatic heterocycles. The number of hydrogen-bond donors (Lipinski definition) is 2. The van der Waals surface area contributed by atoms with E-state index in [1.165, 1.54) is 0 Å². The van der Waals surface area contributed by atoms with E-state index in [9.17, 15) is 0 Å². The normalized spacial score (nSPS) is 10.3. The van der Waals surface area contributed by atoms with Gasteiger partial charge in [-0.25, -0.2) is 0 Å². The molecule has 1 aromatic heterocycles. The SMILES string of the molecule is CCOc1ccc(-c2n[nH]c(C)c2NC)cc1. The fourth-order valence-electron chi connectivity index (χ4n) is 1.82. The van der Waals surface area contributed by atoms with Crippen LogP contribution >= 0.6 is 0 Å². The quantitative estimate of drug-likeness (QED) is 0.850. The summed E-state index contributed by atoms with van der Waals surface area (Å²) in [7, 11) is 1.90. The highest BCUT2D eigenvalue weighted by atomic mass is 16.5. The summed E-state index contributed by atoms with van der Waals surface area (Å²) in [5.74, 6) is 0.884. The van der Waals surface area contributed by atoms with Gasteiger partial charge >= 0.3 is 0 Å². The maximum absolute atomic E-state index is 5.41. The van der Waals surface area contributed by atoms with Crippen molar-refractivity contribution < 1.29 is 4.74 Å². The van der Waals surface area contributed by atoms with Crippen molar-refractivity contribution in [2.45, 2.75) is 13.8 Å². The highest BCUT2D eigenvalue weighted by molar-refractivity contribution is 5.76. The van der Waals surface area contributed by atoms with Crippen molar-refractivity contribution in [3.05, 3.63) is 30.0 Å². The zero-order valence-corrected chi connectivity index (χ0v) is 10.4. The molecular formula is C13H17N3O. The molecule has 0 spiro atoms. The van der Waals surface area contributed by atoms with E-state index in [1.807, 2.05) is 45.2 Å². The Bertz CT molecular complexity index is 488. The molecule has 2 N–H and O–H groups in total. The van der Waals surface area contributed by atoms with Gasteiger partial charge in [-0.1, -0.05) is 0 Å². The largest absolute Gasteiger partial charge is 0.494 e. The van der Waals surface area contributed by atoms with E-state index in [-0.39, 0.29) is 0 Å². The van der Waals surface area contributed by atoms with Crippen molar-refractivity contribution in [3.63, 3.8) is 0 Å². The highest BCUT2D eigenvalue weighted by Crippen LogP contribution is 2.29. The van der Waals surface area contributed by atoms with Crippen molar-refractivity contribution in [1.29, 1.82) is 0 Å². The van der Waals surface area contributed by atoms with E-state index < -0.39 is 0 Å². The van der Waals surface area contributed by atoms with Gasteiger partial charge in [0.2, 0.25) is 0 Å². The molecule has 0 amide bonds. The molecule has 1 heterocycles. The molecule has 4 nitrogen and oxygen atoms in total. The summed E-state index contributed by atoms with van der Waals surface area (Å²) in [5.41, 5.74) is 4.08. The number of anilines is 1. The Labute approximate surface area is 101 Å². The van der Waals surface area contributed by atoms with E-state index in [0.717, 1.165) is 28.4 Å². The lowest BCUT2D eigenvalue weighted by atomic mass is 10.1. The predicted molar refractivity (Wildman–Crippen MR) is 69.5 cm³/mol. The molecule has 90 valence electrons. The van der Waals surface area contributed by atoms with Crippen molar-refractivity contribution in [1.82, 2.24) is 10.2 Å². The van der Waals surface area contributed by atoms with Crippen LogP contribution in [-0.4, -0.2) is 23.9 Å². The molecule has 0 unspecified atom stereocenters. The molecule has 0 fully saturated rings. The van der Waals surface area contributed by atoms with E-state index in [2.05, 4.69) is 15.5 Å². The lowest BCUT2D eigenvalue weighted by molar-refractivity contribution is 0.340. The molecule has 17 heavy (non-hydrogen) atoms. The second-order valence-electron chi connectivity index (χ2n) is 3.78. The Kier molecular flexibility index (Phi) is 3.32. The second-order valence-corrected chi connectivity index (χ2v) is 3.78. The van der Waals surface area contributed by atoms with Crippen LogP contribution in [0.25, 0.3) is 11.3 Å². The Morgan fingerprint density at radius 2 is 2.00 bits per heavy atom. The smallest absolute Gasteiger partial charge is 0.119 e. The van der Waals surface area contributed by atoms with Gasteiger partial charge < -0.3 is 10.1 Å². The van der Waals surface area contributed by atoms with Crippen LogP contribution in [-0.2, 0) is 0 Å². The lowest BCUT2D eigenvalue weighted by Crippen LogP contribution is -1.92. The van der Waals surface area contributed by atoms with Crippen LogP contribution < -0.4 is 10.1 Å². The monoisotopic (exact) mass is 231 g/mol. The van der Waals surface area contributed by atoms with Gasteiger partial charge in [0.1, 0.15) is 11.4 Å². The molecule has 0 saturated heterocycles.